The van der Waals surface area contributed by atoms with E-state index in [1.807, 2.05) is 12.1 Å². The molecule has 5 heteroatoms. The summed E-state index contributed by atoms with van der Waals surface area (Å²) in [5, 5.41) is 11.0. The number of phenols is 1. The fraction of sp³-hybridized carbons (Fsp3) is 0. The molecule has 3 aromatic rings. The van der Waals surface area contributed by atoms with Crippen LogP contribution in [0, 0.1) is 0 Å². The number of benzene rings is 2. The minimum Gasteiger partial charge on any atom is -0.508 e. The van der Waals surface area contributed by atoms with Gasteiger partial charge in [0.1, 0.15) is 10.9 Å². The van der Waals surface area contributed by atoms with Crippen molar-refractivity contribution in [1.29, 1.82) is 0 Å². The molecule has 0 aliphatic heterocycles. The lowest BCUT2D eigenvalue weighted by Crippen LogP contribution is -1.91. The predicted octanol–water partition coefficient (Wildman–Crippen LogP) is 4.31. The normalized spacial score (nSPS) is 10.8. The topological polar surface area (TPSA) is 46.0 Å². The first-order valence-corrected chi connectivity index (χ1v) is 6.31. The van der Waals surface area contributed by atoms with Crippen molar-refractivity contribution in [2.24, 2.45) is 0 Å². The van der Waals surface area contributed by atoms with Crippen molar-refractivity contribution >= 4 is 34.1 Å². The van der Waals surface area contributed by atoms with Crippen molar-refractivity contribution in [1.82, 2.24) is 9.97 Å². The second-order valence-electron chi connectivity index (χ2n) is 4.05. The van der Waals surface area contributed by atoms with Gasteiger partial charge in [0.05, 0.1) is 5.52 Å². The highest BCUT2D eigenvalue weighted by atomic mass is 35.5. The van der Waals surface area contributed by atoms with Crippen LogP contribution in [0.3, 0.4) is 0 Å². The Bertz CT molecular complexity index is 774. The van der Waals surface area contributed by atoms with E-state index in [9.17, 15) is 5.11 Å². The molecule has 0 saturated heterocycles. The smallest absolute Gasteiger partial charge is 0.161 e. The minimum atomic E-state index is 0.133. The third kappa shape index (κ3) is 2.35. The summed E-state index contributed by atoms with van der Waals surface area (Å²) < 4.78 is 0. The fourth-order valence-electron chi connectivity index (χ4n) is 1.84. The van der Waals surface area contributed by atoms with Gasteiger partial charge in [-0.1, -0.05) is 35.3 Å². The summed E-state index contributed by atoms with van der Waals surface area (Å²) in [6, 6.07) is 12.1. The van der Waals surface area contributed by atoms with Crippen molar-refractivity contribution in [3.63, 3.8) is 0 Å². The van der Waals surface area contributed by atoms with Crippen LogP contribution >= 0.6 is 23.2 Å². The molecule has 0 aliphatic rings. The Labute approximate surface area is 119 Å². The maximum absolute atomic E-state index is 9.45. The molecule has 2 aromatic carbocycles. The van der Waals surface area contributed by atoms with Gasteiger partial charge in [0, 0.05) is 16.0 Å². The van der Waals surface area contributed by atoms with Crippen LogP contribution in [0.25, 0.3) is 22.3 Å². The van der Waals surface area contributed by atoms with Crippen molar-refractivity contribution in [2.45, 2.75) is 0 Å². The Morgan fingerprint density at radius 2 is 1.79 bits per heavy atom. The Hall–Kier alpha value is -1.84. The van der Waals surface area contributed by atoms with Crippen molar-refractivity contribution in [3.8, 4) is 17.1 Å². The van der Waals surface area contributed by atoms with Gasteiger partial charge in [-0.15, -0.1) is 0 Å². The number of rotatable bonds is 1. The Balaban J connectivity index is 2.24. The lowest BCUT2D eigenvalue weighted by molar-refractivity contribution is 0.476. The average Bonchev–Trinajstić information content (AvgIpc) is 2.39. The molecule has 0 amide bonds. The van der Waals surface area contributed by atoms with Gasteiger partial charge in [0.2, 0.25) is 0 Å². The monoisotopic (exact) mass is 290 g/mol. The number of hydrogen-bond acceptors (Lipinski definition) is 3. The highest BCUT2D eigenvalue weighted by Crippen LogP contribution is 2.28. The summed E-state index contributed by atoms with van der Waals surface area (Å²) in [7, 11) is 0. The molecule has 1 heterocycles. The molecule has 0 fully saturated rings. The van der Waals surface area contributed by atoms with E-state index >= 15 is 0 Å². The predicted molar refractivity (Wildman–Crippen MR) is 76.7 cm³/mol. The van der Waals surface area contributed by atoms with E-state index < -0.39 is 0 Å². The number of hydrogen-bond donors (Lipinski definition) is 1. The van der Waals surface area contributed by atoms with E-state index in [1.54, 1.807) is 30.3 Å². The van der Waals surface area contributed by atoms with Gasteiger partial charge >= 0.3 is 0 Å². The van der Waals surface area contributed by atoms with Crippen molar-refractivity contribution < 1.29 is 5.11 Å². The van der Waals surface area contributed by atoms with Crippen molar-refractivity contribution in [2.75, 3.05) is 0 Å². The van der Waals surface area contributed by atoms with E-state index in [0.717, 1.165) is 5.56 Å². The number of fused-ring (bicyclic) bond motifs is 1. The number of nitrogens with zero attached hydrogens (tertiary/aromatic N) is 2. The van der Waals surface area contributed by atoms with E-state index in [-0.39, 0.29) is 5.75 Å². The molecule has 1 N–H and O–H groups in total. The van der Waals surface area contributed by atoms with Gasteiger partial charge in [0.15, 0.2) is 5.82 Å². The molecule has 0 aliphatic carbocycles. The molecule has 3 nitrogen and oxygen atoms in total. The summed E-state index contributed by atoms with van der Waals surface area (Å²) in [5.41, 5.74) is 1.47. The van der Waals surface area contributed by atoms with Gasteiger partial charge in [-0.25, -0.2) is 9.97 Å². The molecule has 0 saturated carbocycles. The zero-order valence-electron chi connectivity index (χ0n) is 9.64. The van der Waals surface area contributed by atoms with Crippen LogP contribution < -0.4 is 0 Å². The molecule has 0 spiro atoms. The maximum Gasteiger partial charge on any atom is 0.161 e. The quantitative estimate of drug-likeness (QED) is 0.679. The number of aromatic nitrogens is 2. The van der Waals surface area contributed by atoms with E-state index in [0.29, 0.717) is 26.9 Å². The summed E-state index contributed by atoms with van der Waals surface area (Å²) >= 11 is 12.1. The zero-order chi connectivity index (χ0) is 13.4. The Morgan fingerprint density at radius 3 is 2.58 bits per heavy atom. The van der Waals surface area contributed by atoms with Gasteiger partial charge in [0.25, 0.3) is 0 Å². The molecule has 1 aromatic heterocycles. The third-order valence-corrected chi connectivity index (χ3v) is 3.24. The van der Waals surface area contributed by atoms with Crippen LogP contribution in [-0.2, 0) is 0 Å². The van der Waals surface area contributed by atoms with Gasteiger partial charge in [-0.3, -0.25) is 0 Å². The molecule has 0 unspecified atom stereocenters. The molecule has 3 rings (SSSR count). The van der Waals surface area contributed by atoms with E-state index in [4.69, 9.17) is 23.2 Å². The molecule has 0 radical (unpaired) electrons. The van der Waals surface area contributed by atoms with Crippen LogP contribution in [0.1, 0.15) is 0 Å². The molecule has 94 valence electrons. The molecular weight excluding hydrogens is 283 g/mol. The van der Waals surface area contributed by atoms with E-state index in [1.165, 1.54) is 0 Å². The lowest BCUT2D eigenvalue weighted by Gasteiger charge is -2.05. The van der Waals surface area contributed by atoms with Crippen LogP contribution in [0.2, 0.25) is 10.2 Å². The number of halogens is 2. The summed E-state index contributed by atoms with van der Waals surface area (Å²) in [5.74, 6) is 0.638. The number of aromatic hydroxyl groups is 1. The van der Waals surface area contributed by atoms with Gasteiger partial charge < -0.3 is 5.11 Å². The lowest BCUT2D eigenvalue weighted by atomic mass is 10.2. The highest BCUT2D eigenvalue weighted by molar-refractivity contribution is 6.34. The van der Waals surface area contributed by atoms with Gasteiger partial charge in [-0.05, 0) is 30.3 Å². The Morgan fingerprint density at radius 1 is 0.947 bits per heavy atom. The molecule has 0 bridgehead atoms. The van der Waals surface area contributed by atoms with Crippen LogP contribution in [0.4, 0.5) is 0 Å². The Kier molecular flexibility index (Phi) is 3.01. The zero-order valence-corrected chi connectivity index (χ0v) is 11.2. The summed E-state index contributed by atoms with van der Waals surface area (Å²) in [6.07, 6.45) is 0. The second kappa shape index (κ2) is 4.68. The van der Waals surface area contributed by atoms with Crippen molar-refractivity contribution in [3.05, 3.63) is 52.6 Å². The second-order valence-corrected chi connectivity index (χ2v) is 4.84. The fourth-order valence-corrected chi connectivity index (χ4v) is 2.26. The molecule has 0 atom stereocenters. The maximum atomic E-state index is 9.45. The average molecular weight is 291 g/mol. The largest absolute Gasteiger partial charge is 0.508 e. The van der Waals surface area contributed by atoms with E-state index in [2.05, 4.69) is 9.97 Å². The minimum absolute atomic E-state index is 0.133. The van der Waals surface area contributed by atoms with Crippen LogP contribution in [0.5, 0.6) is 5.75 Å². The van der Waals surface area contributed by atoms with Crippen LogP contribution in [-0.4, -0.2) is 15.1 Å². The summed E-state index contributed by atoms with van der Waals surface area (Å²) in [4.78, 5) is 8.66. The SMILES string of the molecule is Oc1ccc2nc(-c3cccc(Cl)c3)nc(Cl)c2c1. The molecule has 19 heavy (non-hydrogen) atoms. The third-order valence-electron chi connectivity index (χ3n) is 2.72. The number of phenolic OH excluding ortho intramolecular Hbond substituents is 1. The molecular formula is C14H8Cl2N2O. The first-order chi connectivity index (χ1) is 9.13. The van der Waals surface area contributed by atoms with Crippen LogP contribution in [0.15, 0.2) is 42.5 Å². The summed E-state index contributed by atoms with van der Waals surface area (Å²) in [6.45, 7) is 0. The highest BCUT2D eigenvalue weighted by Gasteiger charge is 2.08. The van der Waals surface area contributed by atoms with Gasteiger partial charge in [-0.2, -0.15) is 0 Å². The standard InChI is InChI=1S/C14H8Cl2N2O/c15-9-3-1-2-8(6-9)14-17-12-5-4-10(19)7-11(12)13(16)18-14/h1-7,19H. The first kappa shape index (κ1) is 12.2. The first-order valence-electron chi connectivity index (χ1n) is 5.56.